The molecule has 0 aliphatic heterocycles. The maximum atomic E-state index is 12.0. The largest absolute Gasteiger partial charge is 0.241 e. The van der Waals surface area contributed by atoms with Gasteiger partial charge < -0.3 is 0 Å². The van der Waals surface area contributed by atoms with E-state index in [1.54, 1.807) is 19.1 Å². The molecule has 0 saturated heterocycles. The molecule has 1 N–H and O–H groups in total. The average Bonchev–Trinajstić information content (AvgIpc) is 2.20. The fourth-order valence-electron chi connectivity index (χ4n) is 1.28. The third kappa shape index (κ3) is 3.30. The first-order chi connectivity index (χ1) is 7.36. The maximum Gasteiger partial charge on any atom is 0.241 e. The van der Waals surface area contributed by atoms with Crippen molar-refractivity contribution >= 4 is 26.0 Å². The lowest BCUT2D eigenvalue weighted by molar-refractivity contribution is 0.555. The Hall–Kier alpha value is -0.390. The lowest BCUT2D eigenvalue weighted by atomic mass is 10.2. The normalized spacial score (nSPS) is 13.8. The Morgan fingerprint density at radius 3 is 2.62 bits per heavy atom. The Kier molecular flexibility index (Phi) is 4.52. The summed E-state index contributed by atoms with van der Waals surface area (Å²) in [5.74, 6) is 0. The summed E-state index contributed by atoms with van der Waals surface area (Å²) < 4.78 is 27.5. The van der Waals surface area contributed by atoms with Gasteiger partial charge in [0.25, 0.3) is 0 Å². The van der Waals surface area contributed by atoms with Crippen molar-refractivity contribution in [1.82, 2.24) is 4.72 Å². The van der Waals surface area contributed by atoms with E-state index in [0.717, 1.165) is 16.5 Å². The van der Waals surface area contributed by atoms with Crippen molar-refractivity contribution in [3.8, 4) is 0 Å². The van der Waals surface area contributed by atoms with Crippen molar-refractivity contribution in [1.29, 1.82) is 0 Å². The molecule has 0 aliphatic carbocycles. The van der Waals surface area contributed by atoms with Gasteiger partial charge in [0.2, 0.25) is 10.0 Å². The molecule has 1 aromatic carbocycles. The Bertz CT molecular complexity index is 471. The van der Waals surface area contributed by atoms with Gasteiger partial charge in [-0.05, 0) is 38.0 Å². The van der Waals surface area contributed by atoms with Gasteiger partial charge in [0, 0.05) is 10.5 Å². The number of rotatable bonds is 4. The van der Waals surface area contributed by atoms with Crippen LogP contribution in [-0.4, -0.2) is 14.5 Å². The van der Waals surface area contributed by atoms with Crippen LogP contribution < -0.4 is 4.72 Å². The molecule has 0 unspecified atom stereocenters. The highest BCUT2D eigenvalue weighted by Gasteiger charge is 2.18. The molecule has 1 aromatic rings. The van der Waals surface area contributed by atoms with Crippen LogP contribution >= 0.6 is 15.9 Å². The van der Waals surface area contributed by atoms with Gasteiger partial charge in [0.1, 0.15) is 0 Å². The molecule has 0 heterocycles. The number of hydrogen-bond donors (Lipinski definition) is 1. The van der Waals surface area contributed by atoms with Gasteiger partial charge in [-0.3, -0.25) is 0 Å². The molecule has 0 aromatic heterocycles. The summed E-state index contributed by atoms with van der Waals surface area (Å²) in [7, 11) is -3.40. The summed E-state index contributed by atoms with van der Waals surface area (Å²) in [6.07, 6.45) is 0.770. The van der Waals surface area contributed by atoms with Gasteiger partial charge in [-0.25, -0.2) is 13.1 Å². The van der Waals surface area contributed by atoms with Gasteiger partial charge in [-0.1, -0.05) is 28.9 Å². The summed E-state index contributed by atoms with van der Waals surface area (Å²) in [6.45, 7) is 5.59. The van der Waals surface area contributed by atoms with Crippen molar-refractivity contribution in [2.24, 2.45) is 0 Å². The van der Waals surface area contributed by atoms with Crippen LogP contribution in [0.3, 0.4) is 0 Å². The summed E-state index contributed by atoms with van der Waals surface area (Å²) in [6, 6.07) is 5.19. The molecular formula is C11H16BrNO2S. The summed E-state index contributed by atoms with van der Waals surface area (Å²) in [4.78, 5) is 0.335. The zero-order valence-corrected chi connectivity index (χ0v) is 12.0. The van der Waals surface area contributed by atoms with Crippen LogP contribution in [-0.2, 0) is 10.0 Å². The lowest BCUT2D eigenvalue weighted by Crippen LogP contribution is -2.32. The van der Waals surface area contributed by atoms with Gasteiger partial charge in [0.15, 0.2) is 0 Å². The number of sulfonamides is 1. The van der Waals surface area contributed by atoms with Gasteiger partial charge in [0.05, 0.1) is 4.90 Å². The maximum absolute atomic E-state index is 12.0. The smallest absolute Gasteiger partial charge is 0.208 e. The predicted molar refractivity (Wildman–Crippen MR) is 69.0 cm³/mol. The number of halogens is 1. The van der Waals surface area contributed by atoms with E-state index in [0.29, 0.717) is 4.90 Å². The zero-order chi connectivity index (χ0) is 12.3. The number of benzene rings is 1. The van der Waals surface area contributed by atoms with Gasteiger partial charge >= 0.3 is 0 Å². The van der Waals surface area contributed by atoms with Crippen LogP contribution in [0.1, 0.15) is 25.8 Å². The van der Waals surface area contributed by atoms with Gasteiger partial charge in [-0.2, -0.15) is 0 Å². The number of nitrogens with one attached hydrogen (secondary N) is 1. The van der Waals surface area contributed by atoms with E-state index in [1.165, 1.54) is 0 Å². The standard InChI is InChI=1S/C11H16BrNO2S/c1-4-9(3)13-16(14,15)11-7-10(12)6-5-8(11)2/h5-7,9,13H,4H2,1-3H3/t9-/m0/s1. The Morgan fingerprint density at radius 1 is 1.44 bits per heavy atom. The Balaban J connectivity index is 3.12. The van der Waals surface area contributed by atoms with Crippen LogP contribution in [0.2, 0.25) is 0 Å². The van der Waals surface area contributed by atoms with Crippen molar-refractivity contribution in [2.75, 3.05) is 0 Å². The molecule has 0 saturated carbocycles. The lowest BCUT2D eigenvalue weighted by Gasteiger charge is -2.13. The molecule has 0 aliphatic rings. The highest BCUT2D eigenvalue weighted by molar-refractivity contribution is 9.10. The van der Waals surface area contributed by atoms with E-state index in [1.807, 2.05) is 19.9 Å². The first-order valence-electron chi connectivity index (χ1n) is 5.15. The second-order valence-electron chi connectivity index (χ2n) is 3.84. The monoisotopic (exact) mass is 305 g/mol. The fraction of sp³-hybridized carbons (Fsp3) is 0.455. The van der Waals surface area contributed by atoms with E-state index in [2.05, 4.69) is 20.7 Å². The molecule has 16 heavy (non-hydrogen) atoms. The molecule has 1 rings (SSSR count). The zero-order valence-electron chi connectivity index (χ0n) is 9.62. The first-order valence-corrected chi connectivity index (χ1v) is 7.43. The van der Waals surface area contributed by atoms with E-state index < -0.39 is 10.0 Å². The minimum absolute atomic E-state index is 0.0524. The molecule has 0 amide bonds. The summed E-state index contributed by atoms with van der Waals surface area (Å²) in [5, 5.41) is 0. The molecule has 0 spiro atoms. The molecule has 0 radical (unpaired) electrons. The Labute approximate surface area is 105 Å². The van der Waals surface area contributed by atoms with Gasteiger partial charge in [-0.15, -0.1) is 0 Å². The molecule has 3 nitrogen and oxygen atoms in total. The summed E-state index contributed by atoms with van der Waals surface area (Å²) in [5.41, 5.74) is 0.749. The van der Waals surface area contributed by atoms with Crippen LogP contribution in [0.4, 0.5) is 0 Å². The average molecular weight is 306 g/mol. The number of aryl methyl sites for hydroxylation is 1. The third-order valence-electron chi connectivity index (χ3n) is 2.41. The van der Waals surface area contributed by atoms with E-state index in [-0.39, 0.29) is 6.04 Å². The minimum atomic E-state index is -3.40. The van der Waals surface area contributed by atoms with E-state index in [4.69, 9.17) is 0 Å². The van der Waals surface area contributed by atoms with Crippen LogP contribution in [0.15, 0.2) is 27.6 Å². The highest BCUT2D eigenvalue weighted by Crippen LogP contribution is 2.20. The molecule has 5 heteroatoms. The second-order valence-corrected chi connectivity index (χ2v) is 6.44. The number of hydrogen-bond acceptors (Lipinski definition) is 2. The topological polar surface area (TPSA) is 46.2 Å². The van der Waals surface area contributed by atoms with Crippen LogP contribution in [0, 0.1) is 6.92 Å². The second kappa shape index (κ2) is 5.29. The molecule has 0 bridgehead atoms. The highest BCUT2D eigenvalue weighted by atomic mass is 79.9. The van der Waals surface area contributed by atoms with Crippen LogP contribution in [0.25, 0.3) is 0 Å². The molecule has 1 atom stereocenters. The third-order valence-corrected chi connectivity index (χ3v) is 4.63. The Morgan fingerprint density at radius 2 is 2.06 bits per heavy atom. The quantitative estimate of drug-likeness (QED) is 0.930. The molecule has 0 fully saturated rings. The first kappa shape index (κ1) is 13.7. The van der Waals surface area contributed by atoms with Crippen LogP contribution in [0.5, 0.6) is 0 Å². The van der Waals surface area contributed by atoms with Crippen molar-refractivity contribution in [3.05, 3.63) is 28.2 Å². The molecular weight excluding hydrogens is 290 g/mol. The predicted octanol–water partition coefficient (Wildman–Crippen LogP) is 2.83. The van der Waals surface area contributed by atoms with Crippen molar-refractivity contribution < 1.29 is 8.42 Å². The SMILES string of the molecule is CC[C@H](C)NS(=O)(=O)c1cc(Br)ccc1C. The van der Waals surface area contributed by atoms with E-state index >= 15 is 0 Å². The molecule has 90 valence electrons. The van der Waals surface area contributed by atoms with E-state index in [9.17, 15) is 8.42 Å². The fourth-order valence-corrected chi connectivity index (χ4v) is 3.39. The van der Waals surface area contributed by atoms with Crippen molar-refractivity contribution in [2.45, 2.75) is 38.1 Å². The minimum Gasteiger partial charge on any atom is -0.208 e. The van der Waals surface area contributed by atoms with Crippen molar-refractivity contribution in [3.63, 3.8) is 0 Å². The summed E-state index contributed by atoms with van der Waals surface area (Å²) >= 11 is 3.28.